The molecule has 3 N–H and O–H groups in total. The molecule has 4 aromatic rings. The van der Waals surface area contributed by atoms with Gasteiger partial charge in [-0.2, -0.15) is 5.10 Å². The molecule has 1 aliphatic rings. The molecular weight excluding hydrogens is 492 g/mol. The fourth-order valence-electron chi connectivity index (χ4n) is 4.49. The highest BCUT2D eigenvalue weighted by Gasteiger charge is 2.22. The first-order valence-electron chi connectivity index (χ1n) is 13.1. The molecule has 0 bridgehead atoms. The monoisotopic (exact) mass is 526 g/mol. The molecule has 39 heavy (non-hydrogen) atoms. The maximum Gasteiger partial charge on any atom is 0.324 e. The Kier molecular flexibility index (Phi) is 7.51. The second kappa shape index (κ2) is 11.2. The fourth-order valence-corrected chi connectivity index (χ4v) is 4.49. The van der Waals surface area contributed by atoms with Crippen molar-refractivity contribution >= 4 is 34.3 Å². The van der Waals surface area contributed by atoms with E-state index in [0.717, 1.165) is 33.4 Å². The molecule has 0 radical (unpaired) electrons. The molecule has 0 atom stereocenters. The van der Waals surface area contributed by atoms with Crippen molar-refractivity contribution in [3.8, 4) is 5.69 Å². The largest absolute Gasteiger partial charge is 0.378 e. The number of carbonyl (C=O) groups is 2. The fraction of sp³-hybridized carbons (Fsp3) is 0.300. The number of hydrogen-bond donors (Lipinski definition) is 3. The summed E-state index contributed by atoms with van der Waals surface area (Å²) in [4.78, 5) is 27.4. The van der Waals surface area contributed by atoms with Crippen molar-refractivity contribution in [1.82, 2.24) is 20.0 Å². The van der Waals surface area contributed by atoms with Crippen LogP contribution in [0.25, 0.3) is 16.5 Å². The standard InChI is InChI=1S/C30H34N6O3/c1-30(2,3)26-19-27(33-28(37)32-25-13-7-10-22-9-4-5-12-24(22)25)36(34-26)23-11-6-8-21(18-23)20-31-29(38)35-14-16-39-17-15-35/h4-13,18-19H,14-17,20H2,1-3H3,(H,31,38)(H2,32,33,37). The Morgan fingerprint density at radius 3 is 2.46 bits per heavy atom. The number of nitrogens with one attached hydrogen (secondary N) is 3. The molecule has 1 aromatic heterocycles. The molecule has 0 aliphatic carbocycles. The summed E-state index contributed by atoms with van der Waals surface area (Å²) in [5.41, 5.74) is 3.05. The third kappa shape index (κ3) is 6.21. The number of carbonyl (C=O) groups excluding carboxylic acids is 2. The lowest BCUT2D eigenvalue weighted by Crippen LogP contribution is -2.45. The minimum Gasteiger partial charge on any atom is -0.378 e. The molecule has 1 saturated heterocycles. The second-order valence-corrected chi connectivity index (χ2v) is 10.6. The zero-order chi connectivity index (χ0) is 27.4. The Bertz CT molecular complexity index is 1480. The summed E-state index contributed by atoms with van der Waals surface area (Å²) in [6.07, 6.45) is 0. The van der Waals surface area contributed by atoms with Gasteiger partial charge in [0.1, 0.15) is 5.82 Å². The number of ether oxygens (including phenoxy) is 1. The first-order valence-corrected chi connectivity index (χ1v) is 13.1. The minimum atomic E-state index is -0.359. The van der Waals surface area contributed by atoms with E-state index in [1.807, 2.05) is 72.8 Å². The number of morpholine rings is 1. The van der Waals surface area contributed by atoms with Crippen molar-refractivity contribution in [3.63, 3.8) is 0 Å². The van der Waals surface area contributed by atoms with Gasteiger partial charge in [-0.05, 0) is 29.1 Å². The number of aromatic nitrogens is 2. The topological polar surface area (TPSA) is 101 Å². The predicted octanol–water partition coefficient (Wildman–Crippen LogP) is 5.51. The van der Waals surface area contributed by atoms with E-state index in [1.165, 1.54) is 0 Å². The minimum absolute atomic E-state index is 0.106. The van der Waals surface area contributed by atoms with E-state index < -0.39 is 0 Å². The van der Waals surface area contributed by atoms with Crippen molar-refractivity contribution in [2.24, 2.45) is 0 Å². The maximum atomic E-state index is 13.1. The van der Waals surface area contributed by atoms with Crippen LogP contribution < -0.4 is 16.0 Å². The van der Waals surface area contributed by atoms with Gasteiger partial charge in [-0.25, -0.2) is 14.3 Å². The number of urea groups is 2. The number of fused-ring (bicyclic) bond motifs is 1. The van der Waals surface area contributed by atoms with E-state index in [2.05, 4.69) is 36.7 Å². The SMILES string of the molecule is CC(C)(C)c1cc(NC(=O)Nc2cccc3ccccc23)n(-c2cccc(CNC(=O)N3CCOCC3)c2)n1. The molecule has 9 nitrogen and oxygen atoms in total. The summed E-state index contributed by atoms with van der Waals surface area (Å²) in [7, 11) is 0. The molecule has 3 aromatic carbocycles. The quantitative estimate of drug-likeness (QED) is 0.319. The molecule has 4 amide bonds. The normalized spacial score (nSPS) is 13.8. The van der Waals surface area contributed by atoms with Crippen LogP contribution in [0.2, 0.25) is 0 Å². The summed E-state index contributed by atoms with van der Waals surface area (Å²) >= 11 is 0. The highest BCUT2D eigenvalue weighted by molar-refractivity contribution is 6.06. The molecule has 9 heteroatoms. The van der Waals surface area contributed by atoms with Crippen molar-refractivity contribution in [1.29, 1.82) is 0 Å². The molecular formula is C30H34N6O3. The van der Waals surface area contributed by atoms with E-state index in [1.54, 1.807) is 9.58 Å². The molecule has 202 valence electrons. The Labute approximate surface area is 228 Å². The van der Waals surface area contributed by atoms with Crippen molar-refractivity contribution in [2.45, 2.75) is 32.7 Å². The Morgan fingerprint density at radius 2 is 1.67 bits per heavy atom. The lowest BCUT2D eigenvalue weighted by atomic mass is 9.92. The number of anilines is 2. The van der Waals surface area contributed by atoms with E-state index in [-0.39, 0.29) is 17.5 Å². The van der Waals surface area contributed by atoms with Gasteiger partial charge in [0.25, 0.3) is 0 Å². The van der Waals surface area contributed by atoms with Gasteiger partial charge in [0, 0.05) is 36.5 Å². The highest BCUT2D eigenvalue weighted by atomic mass is 16.5. The van der Waals surface area contributed by atoms with Crippen LogP contribution in [0.3, 0.4) is 0 Å². The number of nitrogens with zero attached hydrogens (tertiary/aromatic N) is 3. The van der Waals surface area contributed by atoms with Gasteiger partial charge < -0.3 is 20.3 Å². The first-order chi connectivity index (χ1) is 18.8. The second-order valence-electron chi connectivity index (χ2n) is 10.6. The third-order valence-electron chi connectivity index (χ3n) is 6.65. The number of benzene rings is 3. The van der Waals surface area contributed by atoms with E-state index in [0.29, 0.717) is 38.7 Å². The zero-order valence-electron chi connectivity index (χ0n) is 22.5. The van der Waals surface area contributed by atoms with Crippen LogP contribution >= 0.6 is 0 Å². The summed E-state index contributed by atoms with van der Waals surface area (Å²) in [5, 5.41) is 15.8. The van der Waals surface area contributed by atoms with Gasteiger partial charge in [-0.1, -0.05) is 69.3 Å². The van der Waals surface area contributed by atoms with Crippen LogP contribution in [0.1, 0.15) is 32.0 Å². The van der Waals surface area contributed by atoms with Gasteiger partial charge in [-0.15, -0.1) is 0 Å². The zero-order valence-corrected chi connectivity index (χ0v) is 22.5. The molecule has 2 heterocycles. The smallest absolute Gasteiger partial charge is 0.324 e. The summed E-state index contributed by atoms with van der Waals surface area (Å²) in [6, 6.07) is 22.9. The van der Waals surface area contributed by atoms with E-state index in [9.17, 15) is 9.59 Å². The van der Waals surface area contributed by atoms with Crippen LogP contribution in [0.5, 0.6) is 0 Å². The number of amides is 4. The summed E-state index contributed by atoms with van der Waals surface area (Å²) in [6.45, 7) is 8.91. The highest BCUT2D eigenvalue weighted by Crippen LogP contribution is 2.28. The Hall–Kier alpha value is -4.37. The van der Waals surface area contributed by atoms with Crippen molar-refractivity contribution in [3.05, 3.63) is 84.1 Å². The average molecular weight is 527 g/mol. The molecule has 0 unspecified atom stereocenters. The van der Waals surface area contributed by atoms with Crippen molar-refractivity contribution < 1.29 is 14.3 Å². The average Bonchev–Trinajstić information content (AvgIpc) is 3.37. The summed E-state index contributed by atoms with van der Waals surface area (Å²) in [5.74, 6) is 0.548. The Morgan fingerprint density at radius 1 is 0.923 bits per heavy atom. The molecule has 1 aliphatic heterocycles. The molecule has 1 fully saturated rings. The third-order valence-corrected chi connectivity index (χ3v) is 6.65. The van der Waals surface area contributed by atoms with Crippen LogP contribution in [-0.4, -0.2) is 53.0 Å². The lowest BCUT2D eigenvalue weighted by Gasteiger charge is -2.27. The van der Waals surface area contributed by atoms with Crippen molar-refractivity contribution in [2.75, 3.05) is 36.9 Å². The van der Waals surface area contributed by atoms with Crippen LogP contribution in [0.15, 0.2) is 72.8 Å². The van der Waals surface area contributed by atoms with Crippen LogP contribution in [-0.2, 0) is 16.7 Å². The van der Waals surface area contributed by atoms with Gasteiger partial charge in [0.2, 0.25) is 0 Å². The molecule has 0 spiro atoms. The van der Waals surface area contributed by atoms with E-state index in [4.69, 9.17) is 9.84 Å². The molecule has 0 saturated carbocycles. The van der Waals surface area contributed by atoms with Gasteiger partial charge >= 0.3 is 12.1 Å². The molecule has 5 rings (SSSR count). The first kappa shape index (κ1) is 26.2. The maximum absolute atomic E-state index is 13.1. The van der Waals surface area contributed by atoms with Crippen LogP contribution in [0, 0.1) is 0 Å². The number of hydrogen-bond acceptors (Lipinski definition) is 4. The lowest BCUT2D eigenvalue weighted by molar-refractivity contribution is 0.0531. The van der Waals surface area contributed by atoms with Gasteiger partial charge in [0.15, 0.2) is 0 Å². The number of rotatable bonds is 5. The summed E-state index contributed by atoms with van der Waals surface area (Å²) < 4.78 is 7.06. The predicted molar refractivity (Wildman–Crippen MR) is 153 cm³/mol. The van der Waals surface area contributed by atoms with Gasteiger partial charge in [-0.3, -0.25) is 5.32 Å². The Balaban J connectivity index is 1.36. The van der Waals surface area contributed by atoms with E-state index >= 15 is 0 Å². The van der Waals surface area contributed by atoms with Gasteiger partial charge in [0.05, 0.1) is 30.3 Å². The van der Waals surface area contributed by atoms with Crippen LogP contribution in [0.4, 0.5) is 21.1 Å².